The number of benzene rings is 1. The molecule has 1 saturated carbocycles. The lowest BCUT2D eigenvalue weighted by Gasteiger charge is -2.52. The van der Waals surface area contributed by atoms with Crippen molar-refractivity contribution in [2.75, 3.05) is 11.9 Å². The van der Waals surface area contributed by atoms with Crippen molar-refractivity contribution in [1.29, 1.82) is 0 Å². The first-order valence-corrected chi connectivity index (χ1v) is 8.36. The van der Waals surface area contributed by atoms with E-state index in [1.165, 1.54) is 0 Å². The molecule has 1 saturated heterocycles. The molecule has 6 heteroatoms. The second kappa shape index (κ2) is 7.47. The fourth-order valence-electron chi connectivity index (χ4n) is 3.78. The molecule has 1 aromatic rings. The molecule has 1 aliphatic carbocycles. The minimum Gasteiger partial charge on any atom is -0.491 e. The van der Waals surface area contributed by atoms with Gasteiger partial charge < -0.3 is 20.5 Å². The number of hydrogen-bond donors (Lipinski definition) is 2. The minimum absolute atomic E-state index is 0. The van der Waals surface area contributed by atoms with Gasteiger partial charge >= 0.3 is 0 Å². The molecule has 0 aromatic heterocycles. The second-order valence-corrected chi connectivity index (χ2v) is 7.34. The van der Waals surface area contributed by atoms with Crippen molar-refractivity contribution in [3.05, 3.63) is 24.3 Å². The van der Waals surface area contributed by atoms with Crippen LogP contribution < -0.4 is 15.8 Å². The highest BCUT2D eigenvalue weighted by Gasteiger charge is 2.59. The summed E-state index contributed by atoms with van der Waals surface area (Å²) in [7, 11) is 0. The van der Waals surface area contributed by atoms with E-state index < -0.39 is 0 Å². The van der Waals surface area contributed by atoms with Gasteiger partial charge in [0.25, 0.3) is 0 Å². The molecule has 3 unspecified atom stereocenters. The second-order valence-electron chi connectivity index (χ2n) is 7.34. The first kappa shape index (κ1) is 19.3. The van der Waals surface area contributed by atoms with Crippen molar-refractivity contribution in [3.8, 4) is 5.75 Å². The third-order valence-corrected chi connectivity index (χ3v) is 4.82. The zero-order chi connectivity index (χ0) is 16.6. The molecule has 5 nitrogen and oxygen atoms in total. The van der Waals surface area contributed by atoms with Crippen molar-refractivity contribution in [3.63, 3.8) is 0 Å². The largest absolute Gasteiger partial charge is 0.491 e. The van der Waals surface area contributed by atoms with E-state index in [4.69, 9.17) is 20.2 Å². The van der Waals surface area contributed by atoms with Gasteiger partial charge in [-0.25, -0.2) is 4.99 Å². The summed E-state index contributed by atoms with van der Waals surface area (Å²) in [6.45, 7) is 9.28. The number of anilines is 1. The number of ether oxygens (including phenoxy) is 2. The van der Waals surface area contributed by atoms with E-state index in [1.54, 1.807) is 0 Å². The molecular formula is C18H28IN3O2. The van der Waals surface area contributed by atoms with E-state index >= 15 is 0 Å². The summed E-state index contributed by atoms with van der Waals surface area (Å²) >= 11 is 0. The molecule has 1 aliphatic heterocycles. The Morgan fingerprint density at radius 1 is 1.33 bits per heavy atom. The molecule has 0 amide bonds. The standard InChI is InChI=1S/C18H27N3O2.HI/c1-11(2)23-13-7-5-12(6-8-13)20-17(19)21-15-14-9-10-22-16(14)18(15,3)4;/h5-8,11,14-16H,9-10H2,1-4H3,(H3,19,20,21);1H. The fraction of sp³-hybridized carbons (Fsp3) is 0.611. The lowest BCUT2D eigenvalue weighted by atomic mass is 9.57. The molecule has 2 fully saturated rings. The summed E-state index contributed by atoms with van der Waals surface area (Å²) in [5, 5.41) is 3.17. The van der Waals surface area contributed by atoms with Crippen LogP contribution in [0.15, 0.2) is 29.3 Å². The van der Waals surface area contributed by atoms with Crippen LogP contribution in [0.25, 0.3) is 0 Å². The summed E-state index contributed by atoms with van der Waals surface area (Å²) in [6.07, 6.45) is 1.58. The van der Waals surface area contributed by atoms with E-state index in [9.17, 15) is 0 Å². The van der Waals surface area contributed by atoms with Crippen LogP contribution in [-0.2, 0) is 4.74 Å². The average Bonchev–Trinajstić information content (AvgIpc) is 2.93. The molecule has 0 spiro atoms. The van der Waals surface area contributed by atoms with Crippen molar-refractivity contribution >= 4 is 35.6 Å². The molecule has 2 aliphatic rings. The molecule has 3 rings (SSSR count). The van der Waals surface area contributed by atoms with Crippen LogP contribution >= 0.6 is 24.0 Å². The van der Waals surface area contributed by atoms with E-state index in [0.29, 0.717) is 18.0 Å². The summed E-state index contributed by atoms with van der Waals surface area (Å²) < 4.78 is 11.4. The molecule has 0 radical (unpaired) electrons. The van der Waals surface area contributed by atoms with Crippen LogP contribution in [0.1, 0.15) is 34.1 Å². The topological polar surface area (TPSA) is 68.9 Å². The van der Waals surface area contributed by atoms with Gasteiger partial charge in [-0.05, 0) is 44.5 Å². The molecule has 134 valence electrons. The zero-order valence-corrected chi connectivity index (χ0v) is 17.1. The summed E-state index contributed by atoms with van der Waals surface area (Å²) in [6, 6.07) is 8.00. The first-order valence-electron chi connectivity index (χ1n) is 8.36. The Kier molecular flexibility index (Phi) is 6.01. The Hall–Kier alpha value is -1.02. The van der Waals surface area contributed by atoms with Crippen LogP contribution in [0.5, 0.6) is 5.75 Å². The van der Waals surface area contributed by atoms with Gasteiger partial charge in [-0.15, -0.1) is 24.0 Å². The smallest absolute Gasteiger partial charge is 0.193 e. The Balaban J connectivity index is 0.00000208. The molecule has 0 bridgehead atoms. The van der Waals surface area contributed by atoms with Crippen LogP contribution in [0.2, 0.25) is 0 Å². The van der Waals surface area contributed by atoms with E-state index in [1.807, 2.05) is 38.1 Å². The van der Waals surface area contributed by atoms with Crippen molar-refractivity contribution in [1.82, 2.24) is 0 Å². The van der Waals surface area contributed by atoms with Gasteiger partial charge in [0.05, 0.1) is 18.2 Å². The molecular weight excluding hydrogens is 417 g/mol. The van der Waals surface area contributed by atoms with Gasteiger partial charge in [0.2, 0.25) is 0 Å². The highest BCUT2D eigenvalue weighted by atomic mass is 127. The molecule has 3 atom stereocenters. The predicted octanol–water partition coefficient (Wildman–Crippen LogP) is 3.63. The average molecular weight is 445 g/mol. The maximum atomic E-state index is 6.11. The summed E-state index contributed by atoms with van der Waals surface area (Å²) in [4.78, 5) is 4.72. The third kappa shape index (κ3) is 3.79. The van der Waals surface area contributed by atoms with Gasteiger partial charge in [-0.1, -0.05) is 13.8 Å². The van der Waals surface area contributed by atoms with Gasteiger partial charge in [0, 0.05) is 23.6 Å². The quantitative estimate of drug-likeness (QED) is 0.422. The Morgan fingerprint density at radius 2 is 2.00 bits per heavy atom. The zero-order valence-electron chi connectivity index (χ0n) is 14.8. The fourth-order valence-corrected chi connectivity index (χ4v) is 3.78. The maximum absolute atomic E-state index is 6.11. The normalized spacial score (nSPS) is 27.9. The number of guanidine groups is 1. The number of rotatable bonds is 4. The lowest BCUT2D eigenvalue weighted by Crippen LogP contribution is -2.59. The van der Waals surface area contributed by atoms with Gasteiger partial charge in [0.1, 0.15) is 5.75 Å². The molecule has 24 heavy (non-hydrogen) atoms. The van der Waals surface area contributed by atoms with Crippen molar-refractivity contribution in [2.24, 2.45) is 22.1 Å². The number of fused-ring (bicyclic) bond motifs is 1. The van der Waals surface area contributed by atoms with E-state index in [-0.39, 0.29) is 41.5 Å². The SMILES string of the molecule is CC(C)Oc1ccc(NC(N)=NC2C3CCOC3C2(C)C)cc1.I. The highest BCUT2D eigenvalue weighted by Crippen LogP contribution is 2.53. The predicted molar refractivity (Wildman–Crippen MR) is 108 cm³/mol. The summed E-state index contributed by atoms with van der Waals surface area (Å²) in [5.41, 5.74) is 7.08. The van der Waals surface area contributed by atoms with Crippen LogP contribution in [0, 0.1) is 11.3 Å². The number of nitrogens with one attached hydrogen (secondary N) is 1. The number of nitrogens with two attached hydrogens (primary N) is 1. The van der Waals surface area contributed by atoms with E-state index in [0.717, 1.165) is 24.5 Å². The van der Waals surface area contributed by atoms with Gasteiger partial charge in [-0.2, -0.15) is 0 Å². The van der Waals surface area contributed by atoms with Gasteiger partial charge in [0.15, 0.2) is 5.96 Å². The molecule has 3 N–H and O–H groups in total. The lowest BCUT2D eigenvalue weighted by molar-refractivity contribution is -0.0985. The maximum Gasteiger partial charge on any atom is 0.193 e. The van der Waals surface area contributed by atoms with Crippen LogP contribution in [0.3, 0.4) is 0 Å². The van der Waals surface area contributed by atoms with Crippen molar-refractivity contribution in [2.45, 2.75) is 52.4 Å². The Morgan fingerprint density at radius 3 is 2.62 bits per heavy atom. The number of nitrogens with zero attached hydrogens (tertiary/aromatic N) is 1. The Bertz CT molecular complexity index is 586. The van der Waals surface area contributed by atoms with Crippen molar-refractivity contribution < 1.29 is 9.47 Å². The third-order valence-electron chi connectivity index (χ3n) is 4.82. The van der Waals surface area contributed by atoms with Crippen LogP contribution in [-0.4, -0.2) is 30.8 Å². The first-order chi connectivity index (χ1) is 10.9. The monoisotopic (exact) mass is 445 g/mol. The number of aliphatic imine (C=N–C) groups is 1. The minimum atomic E-state index is 0. The molecule has 1 heterocycles. The summed E-state index contributed by atoms with van der Waals surface area (Å²) in [5.74, 6) is 1.82. The van der Waals surface area contributed by atoms with Gasteiger partial charge in [-0.3, -0.25) is 0 Å². The highest BCUT2D eigenvalue weighted by molar-refractivity contribution is 14.0. The molecule has 1 aromatic carbocycles. The van der Waals surface area contributed by atoms with E-state index in [2.05, 4.69) is 19.2 Å². The number of halogens is 1. The number of hydrogen-bond acceptors (Lipinski definition) is 3. The van der Waals surface area contributed by atoms with Crippen LogP contribution in [0.4, 0.5) is 5.69 Å². The Labute approximate surface area is 161 Å².